The van der Waals surface area contributed by atoms with E-state index in [1.807, 2.05) is 18.2 Å². The number of benzene rings is 1. The summed E-state index contributed by atoms with van der Waals surface area (Å²) in [5.74, 6) is 3.01. The van der Waals surface area contributed by atoms with Crippen LogP contribution in [0.1, 0.15) is 51.0 Å². The first-order valence-corrected chi connectivity index (χ1v) is 9.12. The summed E-state index contributed by atoms with van der Waals surface area (Å²) in [5, 5.41) is 9.68. The van der Waals surface area contributed by atoms with E-state index in [4.69, 9.17) is 9.97 Å². The molecule has 0 bridgehead atoms. The molecule has 1 N–H and O–H groups in total. The van der Waals surface area contributed by atoms with Crippen LogP contribution in [-0.4, -0.2) is 41.3 Å². The molecule has 1 aromatic heterocycles. The van der Waals surface area contributed by atoms with E-state index in [-0.39, 0.29) is 0 Å². The van der Waals surface area contributed by atoms with Gasteiger partial charge in [0.1, 0.15) is 17.4 Å². The van der Waals surface area contributed by atoms with Crippen LogP contribution < -0.4 is 9.80 Å². The van der Waals surface area contributed by atoms with Crippen LogP contribution in [0.5, 0.6) is 5.75 Å². The molecular weight excluding hydrogens is 312 g/mol. The Morgan fingerprint density at radius 1 is 0.880 bits per heavy atom. The first-order chi connectivity index (χ1) is 11.9. The fourth-order valence-corrected chi connectivity index (χ4v) is 3.07. The van der Waals surface area contributed by atoms with Crippen LogP contribution in [0, 0.1) is 0 Å². The lowest BCUT2D eigenvalue weighted by molar-refractivity contribution is 0.475. The Morgan fingerprint density at radius 2 is 1.56 bits per heavy atom. The Labute approximate surface area is 150 Å². The second-order valence-electron chi connectivity index (χ2n) is 7.31. The summed E-state index contributed by atoms with van der Waals surface area (Å²) in [6.45, 7) is 12.3. The maximum Gasteiger partial charge on any atom is 0.133 e. The van der Waals surface area contributed by atoms with E-state index in [1.54, 1.807) is 6.07 Å². The molecule has 3 rings (SSSR count). The summed E-state index contributed by atoms with van der Waals surface area (Å²) in [6, 6.07) is 9.62. The van der Waals surface area contributed by atoms with Gasteiger partial charge in [-0.25, -0.2) is 9.97 Å². The van der Waals surface area contributed by atoms with E-state index >= 15 is 0 Å². The third kappa shape index (κ3) is 4.03. The zero-order valence-electron chi connectivity index (χ0n) is 15.6. The minimum absolute atomic E-state index is 0.318. The van der Waals surface area contributed by atoms with Gasteiger partial charge in [0.15, 0.2) is 0 Å². The molecule has 0 radical (unpaired) electrons. The van der Waals surface area contributed by atoms with E-state index in [0.29, 0.717) is 17.6 Å². The van der Waals surface area contributed by atoms with Crippen molar-refractivity contribution in [2.45, 2.75) is 39.5 Å². The molecule has 0 atom stereocenters. The molecule has 5 nitrogen and oxygen atoms in total. The molecule has 0 aliphatic carbocycles. The molecule has 1 aliphatic heterocycles. The van der Waals surface area contributed by atoms with E-state index in [0.717, 1.165) is 49.2 Å². The number of aromatic hydroxyl groups is 1. The largest absolute Gasteiger partial charge is 0.508 e. The molecule has 1 aromatic carbocycles. The number of phenols is 1. The van der Waals surface area contributed by atoms with E-state index in [1.165, 1.54) is 0 Å². The molecule has 2 aromatic rings. The fourth-order valence-electron chi connectivity index (χ4n) is 3.07. The summed E-state index contributed by atoms with van der Waals surface area (Å²) < 4.78 is 0. The highest BCUT2D eigenvalue weighted by atomic mass is 16.3. The van der Waals surface area contributed by atoms with Gasteiger partial charge in [-0.3, -0.25) is 0 Å². The number of nitrogens with zero attached hydrogens (tertiary/aromatic N) is 4. The number of phenolic OH excluding ortho intramolecular Hbond substituents is 1. The Morgan fingerprint density at radius 3 is 2.16 bits per heavy atom. The van der Waals surface area contributed by atoms with Crippen molar-refractivity contribution < 1.29 is 5.11 Å². The predicted octanol–water partition coefficient (Wildman–Crippen LogP) is 3.76. The molecule has 5 heteroatoms. The van der Waals surface area contributed by atoms with Crippen LogP contribution >= 0.6 is 0 Å². The number of aromatic nitrogens is 2. The molecule has 0 unspecified atom stereocenters. The predicted molar refractivity (Wildman–Crippen MR) is 103 cm³/mol. The average molecular weight is 340 g/mol. The first kappa shape index (κ1) is 17.5. The standard InChI is InChI=1S/C20H28N4O/c1-14(2)18-13-19(22-20(21-18)15(3)4)24-10-8-23(9-11-24)16-6-5-7-17(25)12-16/h5-7,12-15,25H,8-11H2,1-4H3. The topological polar surface area (TPSA) is 52.5 Å². The van der Waals surface area contributed by atoms with Crippen molar-refractivity contribution in [2.75, 3.05) is 36.0 Å². The monoisotopic (exact) mass is 340 g/mol. The fraction of sp³-hybridized carbons (Fsp3) is 0.500. The number of piperazine rings is 1. The Kier molecular flexibility index (Phi) is 5.11. The number of rotatable bonds is 4. The quantitative estimate of drug-likeness (QED) is 0.918. The second-order valence-corrected chi connectivity index (χ2v) is 7.31. The second kappa shape index (κ2) is 7.30. The number of hydrogen-bond donors (Lipinski definition) is 1. The first-order valence-electron chi connectivity index (χ1n) is 9.12. The van der Waals surface area contributed by atoms with E-state index in [2.05, 4.69) is 43.6 Å². The minimum Gasteiger partial charge on any atom is -0.508 e. The van der Waals surface area contributed by atoms with E-state index in [9.17, 15) is 5.11 Å². The van der Waals surface area contributed by atoms with Crippen molar-refractivity contribution in [3.05, 3.63) is 41.9 Å². The highest BCUT2D eigenvalue weighted by Gasteiger charge is 2.21. The van der Waals surface area contributed by atoms with Crippen molar-refractivity contribution in [1.82, 2.24) is 9.97 Å². The minimum atomic E-state index is 0.318. The molecule has 2 heterocycles. The summed E-state index contributed by atoms with van der Waals surface area (Å²) in [6.07, 6.45) is 0. The van der Waals surface area contributed by atoms with Crippen LogP contribution in [-0.2, 0) is 0 Å². The highest BCUT2D eigenvalue weighted by molar-refractivity contribution is 5.52. The van der Waals surface area contributed by atoms with Gasteiger partial charge in [-0.05, 0) is 18.1 Å². The zero-order valence-corrected chi connectivity index (χ0v) is 15.6. The zero-order chi connectivity index (χ0) is 18.0. The van der Waals surface area contributed by atoms with E-state index < -0.39 is 0 Å². The molecule has 25 heavy (non-hydrogen) atoms. The van der Waals surface area contributed by atoms with Crippen LogP contribution in [0.25, 0.3) is 0 Å². The Hall–Kier alpha value is -2.30. The van der Waals surface area contributed by atoms with Gasteiger partial charge in [0, 0.05) is 55.6 Å². The molecule has 0 amide bonds. The highest BCUT2D eigenvalue weighted by Crippen LogP contribution is 2.25. The van der Waals surface area contributed by atoms with Gasteiger partial charge in [0.25, 0.3) is 0 Å². The van der Waals surface area contributed by atoms with Crippen LogP contribution in [0.3, 0.4) is 0 Å². The van der Waals surface area contributed by atoms with Crippen molar-refractivity contribution in [3.63, 3.8) is 0 Å². The van der Waals surface area contributed by atoms with Crippen molar-refractivity contribution in [2.24, 2.45) is 0 Å². The van der Waals surface area contributed by atoms with Crippen LogP contribution in [0.4, 0.5) is 11.5 Å². The Bertz CT molecular complexity index is 695. The summed E-state index contributed by atoms with van der Waals surface area (Å²) in [4.78, 5) is 14.2. The lowest BCUT2D eigenvalue weighted by atomic mass is 10.1. The van der Waals surface area contributed by atoms with Gasteiger partial charge in [0.2, 0.25) is 0 Å². The van der Waals surface area contributed by atoms with Gasteiger partial charge in [0.05, 0.1) is 0 Å². The molecule has 1 fully saturated rings. The maximum absolute atomic E-state index is 9.68. The molecule has 1 aliphatic rings. The summed E-state index contributed by atoms with van der Waals surface area (Å²) in [5.41, 5.74) is 2.19. The lowest BCUT2D eigenvalue weighted by Gasteiger charge is -2.37. The Balaban J connectivity index is 1.76. The molecule has 134 valence electrons. The normalized spacial score (nSPS) is 15.3. The van der Waals surface area contributed by atoms with Crippen molar-refractivity contribution >= 4 is 11.5 Å². The number of anilines is 2. The summed E-state index contributed by atoms with van der Waals surface area (Å²) in [7, 11) is 0. The van der Waals surface area contributed by atoms with Gasteiger partial charge in [-0.1, -0.05) is 33.8 Å². The van der Waals surface area contributed by atoms with Gasteiger partial charge < -0.3 is 14.9 Å². The van der Waals surface area contributed by atoms with Crippen LogP contribution in [0.2, 0.25) is 0 Å². The molecule has 1 saturated heterocycles. The molecule has 0 saturated carbocycles. The SMILES string of the molecule is CC(C)c1cc(N2CCN(c3cccc(O)c3)CC2)nc(C(C)C)n1. The number of hydrogen-bond acceptors (Lipinski definition) is 5. The van der Waals surface area contributed by atoms with Crippen molar-refractivity contribution in [1.29, 1.82) is 0 Å². The van der Waals surface area contributed by atoms with Gasteiger partial charge >= 0.3 is 0 Å². The lowest BCUT2D eigenvalue weighted by Crippen LogP contribution is -2.47. The van der Waals surface area contributed by atoms with Crippen LogP contribution in [0.15, 0.2) is 30.3 Å². The van der Waals surface area contributed by atoms with Gasteiger partial charge in [-0.2, -0.15) is 0 Å². The van der Waals surface area contributed by atoms with Gasteiger partial charge in [-0.15, -0.1) is 0 Å². The third-order valence-electron chi connectivity index (χ3n) is 4.66. The molecular formula is C20H28N4O. The average Bonchev–Trinajstić information content (AvgIpc) is 2.61. The summed E-state index contributed by atoms with van der Waals surface area (Å²) >= 11 is 0. The smallest absolute Gasteiger partial charge is 0.133 e. The molecule has 0 spiro atoms. The maximum atomic E-state index is 9.68. The third-order valence-corrected chi connectivity index (χ3v) is 4.66. The van der Waals surface area contributed by atoms with Crippen molar-refractivity contribution in [3.8, 4) is 5.75 Å².